The number of anilines is 1. The highest BCUT2D eigenvalue weighted by molar-refractivity contribution is 6.33. The number of benzene rings is 2. The third-order valence-electron chi connectivity index (χ3n) is 5.04. The SMILES string of the molecule is CC1=CC(C)(C)N(C)c2cc(Cl)c(C=Nc3ccc4c(c3)OCO4)cc21. The number of halogens is 1. The number of allylic oxidation sites excluding steroid dienone is 1. The third kappa shape index (κ3) is 2.84. The van der Waals surface area contributed by atoms with Gasteiger partial charge in [-0.05, 0) is 50.6 Å². The molecule has 2 aliphatic heterocycles. The Morgan fingerprint density at radius 2 is 1.92 bits per heavy atom. The van der Waals surface area contributed by atoms with E-state index >= 15 is 0 Å². The summed E-state index contributed by atoms with van der Waals surface area (Å²) in [6, 6.07) is 9.76. The zero-order valence-electron chi connectivity index (χ0n) is 15.3. The van der Waals surface area contributed by atoms with E-state index in [1.807, 2.05) is 24.3 Å². The molecule has 134 valence electrons. The van der Waals surface area contributed by atoms with Gasteiger partial charge in [-0.3, -0.25) is 4.99 Å². The maximum absolute atomic E-state index is 6.55. The van der Waals surface area contributed by atoms with Crippen LogP contribution in [0.25, 0.3) is 5.57 Å². The Bertz CT molecular complexity index is 947. The average molecular weight is 369 g/mol. The number of aliphatic imine (C=N–C) groups is 1. The van der Waals surface area contributed by atoms with Crippen molar-refractivity contribution in [3.05, 3.63) is 52.6 Å². The quantitative estimate of drug-likeness (QED) is 0.661. The minimum Gasteiger partial charge on any atom is -0.454 e. The van der Waals surface area contributed by atoms with Crippen molar-refractivity contribution in [3.63, 3.8) is 0 Å². The number of fused-ring (bicyclic) bond motifs is 2. The molecule has 0 bridgehead atoms. The Labute approximate surface area is 158 Å². The predicted molar refractivity (Wildman–Crippen MR) is 107 cm³/mol. The molecule has 2 heterocycles. The minimum absolute atomic E-state index is 0.0392. The van der Waals surface area contributed by atoms with Crippen LogP contribution in [0.1, 0.15) is 31.9 Å². The van der Waals surface area contributed by atoms with Crippen LogP contribution in [0, 0.1) is 0 Å². The van der Waals surface area contributed by atoms with E-state index in [9.17, 15) is 0 Å². The van der Waals surface area contributed by atoms with E-state index in [-0.39, 0.29) is 12.3 Å². The highest BCUT2D eigenvalue weighted by Crippen LogP contribution is 2.40. The topological polar surface area (TPSA) is 34.1 Å². The van der Waals surface area contributed by atoms with Gasteiger partial charge < -0.3 is 14.4 Å². The molecule has 0 spiro atoms. The fourth-order valence-corrected chi connectivity index (χ4v) is 3.60. The van der Waals surface area contributed by atoms with Gasteiger partial charge in [0, 0.05) is 36.1 Å². The van der Waals surface area contributed by atoms with E-state index < -0.39 is 0 Å². The molecule has 0 fully saturated rings. The second kappa shape index (κ2) is 6.06. The van der Waals surface area contributed by atoms with Crippen LogP contribution in [-0.2, 0) is 0 Å². The predicted octanol–water partition coefficient (Wildman–Crippen LogP) is 5.45. The first-order chi connectivity index (χ1) is 12.3. The molecule has 0 atom stereocenters. The first kappa shape index (κ1) is 17.0. The van der Waals surface area contributed by atoms with Gasteiger partial charge in [0.05, 0.1) is 16.2 Å². The molecule has 0 unspecified atom stereocenters. The number of ether oxygens (including phenoxy) is 2. The van der Waals surface area contributed by atoms with Gasteiger partial charge in [-0.15, -0.1) is 0 Å². The molecule has 0 aromatic heterocycles. The molecule has 0 N–H and O–H groups in total. The van der Waals surface area contributed by atoms with Crippen molar-refractivity contribution < 1.29 is 9.47 Å². The minimum atomic E-state index is -0.0392. The van der Waals surface area contributed by atoms with Crippen molar-refractivity contribution in [2.24, 2.45) is 4.99 Å². The lowest BCUT2D eigenvalue weighted by Gasteiger charge is -2.40. The second-order valence-electron chi connectivity index (χ2n) is 7.23. The lowest BCUT2D eigenvalue weighted by atomic mass is 9.88. The van der Waals surface area contributed by atoms with Crippen LogP contribution < -0.4 is 14.4 Å². The summed E-state index contributed by atoms with van der Waals surface area (Å²) in [6.07, 6.45) is 4.08. The van der Waals surface area contributed by atoms with Crippen LogP contribution in [0.15, 0.2) is 41.4 Å². The number of hydrogen-bond acceptors (Lipinski definition) is 4. The van der Waals surface area contributed by atoms with Gasteiger partial charge in [-0.25, -0.2) is 0 Å². The van der Waals surface area contributed by atoms with E-state index in [4.69, 9.17) is 21.1 Å². The maximum Gasteiger partial charge on any atom is 0.231 e. The summed E-state index contributed by atoms with van der Waals surface area (Å²) in [4.78, 5) is 6.81. The zero-order chi connectivity index (χ0) is 18.5. The Hall–Kier alpha value is -2.46. The number of hydrogen-bond donors (Lipinski definition) is 0. The maximum atomic E-state index is 6.55. The second-order valence-corrected chi connectivity index (χ2v) is 7.63. The highest BCUT2D eigenvalue weighted by Gasteiger charge is 2.29. The van der Waals surface area contributed by atoms with Gasteiger partial charge in [0.2, 0.25) is 6.79 Å². The van der Waals surface area contributed by atoms with Gasteiger partial charge in [0.1, 0.15) is 0 Å². The first-order valence-corrected chi connectivity index (χ1v) is 8.94. The van der Waals surface area contributed by atoms with E-state index in [0.717, 1.165) is 28.4 Å². The normalized spacial score (nSPS) is 17.4. The molecule has 26 heavy (non-hydrogen) atoms. The lowest BCUT2D eigenvalue weighted by Crippen LogP contribution is -2.42. The lowest BCUT2D eigenvalue weighted by molar-refractivity contribution is 0.174. The van der Waals surface area contributed by atoms with Crippen LogP contribution in [-0.4, -0.2) is 25.6 Å². The monoisotopic (exact) mass is 368 g/mol. The molecule has 5 heteroatoms. The van der Waals surface area contributed by atoms with E-state index in [1.165, 1.54) is 11.1 Å². The van der Waals surface area contributed by atoms with E-state index in [0.29, 0.717) is 5.02 Å². The molecular weight excluding hydrogens is 348 g/mol. The van der Waals surface area contributed by atoms with Crippen molar-refractivity contribution in [2.45, 2.75) is 26.3 Å². The molecular formula is C21H21ClN2O2. The zero-order valence-corrected chi connectivity index (χ0v) is 16.1. The van der Waals surface area contributed by atoms with Crippen LogP contribution in [0.2, 0.25) is 5.02 Å². The smallest absolute Gasteiger partial charge is 0.231 e. The van der Waals surface area contributed by atoms with E-state index in [1.54, 1.807) is 6.21 Å². The molecule has 0 aliphatic carbocycles. The number of nitrogens with zero attached hydrogens (tertiary/aromatic N) is 2. The molecule has 0 saturated heterocycles. The van der Waals surface area contributed by atoms with Gasteiger partial charge in [-0.2, -0.15) is 0 Å². The van der Waals surface area contributed by atoms with Crippen molar-refractivity contribution in [3.8, 4) is 11.5 Å². The Morgan fingerprint density at radius 3 is 2.73 bits per heavy atom. The van der Waals surface area contributed by atoms with Gasteiger partial charge in [0.15, 0.2) is 11.5 Å². The van der Waals surface area contributed by atoms with Crippen molar-refractivity contribution in [1.82, 2.24) is 0 Å². The van der Waals surface area contributed by atoms with Crippen molar-refractivity contribution >= 4 is 34.8 Å². The summed E-state index contributed by atoms with van der Waals surface area (Å²) in [5, 5.41) is 0.686. The Morgan fingerprint density at radius 1 is 1.15 bits per heavy atom. The largest absolute Gasteiger partial charge is 0.454 e. The van der Waals surface area contributed by atoms with Crippen LogP contribution >= 0.6 is 11.6 Å². The molecule has 2 aromatic rings. The standard InChI is InChI=1S/C21H21ClN2O2/c1-13-10-21(2,3)24(4)18-9-17(22)14(7-16(13)18)11-23-15-5-6-19-20(8-15)26-12-25-19/h5-11H,12H2,1-4H3. The van der Waals surface area contributed by atoms with Gasteiger partial charge in [0.25, 0.3) is 0 Å². The van der Waals surface area contributed by atoms with Gasteiger partial charge in [-0.1, -0.05) is 17.7 Å². The fraction of sp³-hybridized carbons (Fsp3) is 0.286. The van der Waals surface area contributed by atoms with Gasteiger partial charge >= 0.3 is 0 Å². The van der Waals surface area contributed by atoms with Crippen LogP contribution in [0.5, 0.6) is 11.5 Å². The summed E-state index contributed by atoms with van der Waals surface area (Å²) in [5.74, 6) is 1.47. The fourth-order valence-electron chi connectivity index (χ4n) is 3.40. The molecule has 0 saturated carbocycles. The molecule has 4 nitrogen and oxygen atoms in total. The summed E-state index contributed by atoms with van der Waals surface area (Å²) < 4.78 is 10.7. The third-order valence-corrected chi connectivity index (χ3v) is 5.37. The average Bonchev–Trinajstić information content (AvgIpc) is 3.06. The molecule has 2 aliphatic rings. The summed E-state index contributed by atoms with van der Waals surface area (Å²) in [7, 11) is 2.10. The highest BCUT2D eigenvalue weighted by atomic mass is 35.5. The van der Waals surface area contributed by atoms with Crippen LogP contribution in [0.3, 0.4) is 0 Å². The summed E-state index contributed by atoms with van der Waals surface area (Å²) in [6.45, 7) is 6.79. The number of likely N-dealkylation sites (N-methyl/N-ethyl adjacent to an activating group) is 1. The van der Waals surface area contributed by atoms with Crippen molar-refractivity contribution in [2.75, 3.05) is 18.7 Å². The Balaban J connectivity index is 1.69. The van der Waals surface area contributed by atoms with Crippen LogP contribution in [0.4, 0.5) is 11.4 Å². The molecule has 2 aromatic carbocycles. The molecule has 0 amide bonds. The van der Waals surface area contributed by atoms with E-state index in [2.05, 4.69) is 49.9 Å². The molecule has 4 rings (SSSR count). The summed E-state index contributed by atoms with van der Waals surface area (Å²) >= 11 is 6.55. The molecule has 0 radical (unpaired) electrons. The Kier molecular flexibility index (Phi) is 3.96. The first-order valence-electron chi connectivity index (χ1n) is 8.56. The summed E-state index contributed by atoms with van der Waals surface area (Å²) in [5.41, 5.74) is 5.22. The number of rotatable bonds is 2. The van der Waals surface area contributed by atoms with Crippen molar-refractivity contribution in [1.29, 1.82) is 0 Å².